The molecule has 0 radical (unpaired) electrons. The molecule has 0 saturated carbocycles. The maximum Gasteiger partial charge on any atom is 0.239 e. The third-order valence-electron chi connectivity index (χ3n) is 4.32. The van der Waals surface area contributed by atoms with Crippen molar-refractivity contribution in [2.75, 3.05) is 35.9 Å². The Morgan fingerprint density at radius 2 is 1.73 bits per heavy atom. The summed E-state index contributed by atoms with van der Waals surface area (Å²) < 4.78 is 38.8. The summed E-state index contributed by atoms with van der Waals surface area (Å²) in [6.07, 6.45) is -0.700. The van der Waals surface area contributed by atoms with E-state index in [1.165, 1.54) is 4.31 Å². The van der Waals surface area contributed by atoms with Gasteiger partial charge in [-0.15, -0.1) is 0 Å². The fraction of sp³-hybridized carbons (Fsp3) is 0.429. The summed E-state index contributed by atoms with van der Waals surface area (Å²) in [5.41, 5.74) is 6.71. The summed E-state index contributed by atoms with van der Waals surface area (Å²) in [7, 11) is -3.64. The number of sulfonamides is 1. The van der Waals surface area contributed by atoms with Crippen molar-refractivity contribution in [1.82, 2.24) is 0 Å². The number of nitrogens with one attached hydrogen (secondary N) is 1. The Kier molecular flexibility index (Phi) is 9.23. The van der Waals surface area contributed by atoms with Crippen molar-refractivity contribution in [3.63, 3.8) is 0 Å². The molecule has 9 heteroatoms. The van der Waals surface area contributed by atoms with Gasteiger partial charge in [0.2, 0.25) is 10.0 Å². The third-order valence-corrected chi connectivity index (χ3v) is 6.80. The Hall–Kier alpha value is -2.00. The van der Waals surface area contributed by atoms with E-state index in [0.29, 0.717) is 41.8 Å². The fourth-order valence-electron chi connectivity index (χ4n) is 2.77. The molecule has 2 aromatic rings. The zero-order valence-corrected chi connectivity index (χ0v) is 19.1. The molecule has 0 amide bonds. The number of anilines is 2. The highest BCUT2D eigenvalue weighted by Gasteiger charge is 2.32. The second-order valence-electron chi connectivity index (χ2n) is 6.89. The molecule has 30 heavy (non-hydrogen) atoms. The molecule has 0 spiro atoms. The third kappa shape index (κ3) is 6.50. The lowest BCUT2D eigenvalue weighted by Gasteiger charge is -2.33. The van der Waals surface area contributed by atoms with Crippen molar-refractivity contribution in [2.24, 2.45) is 5.73 Å². The predicted molar refractivity (Wildman–Crippen MR) is 123 cm³/mol. The minimum atomic E-state index is -3.64. The van der Waals surface area contributed by atoms with Crippen LogP contribution in [0.5, 0.6) is 5.75 Å². The van der Waals surface area contributed by atoms with Crippen LogP contribution in [0.2, 0.25) is 5.02 Å². The van der Waals surface area contributed by atoms with Crippen molar-refractivity contribution in [3.8, 4) is 5.75 Å². The van der Waals surface area contributed by atoms with E-state index < -0.39 is 21.5 Å². The number of ether oxygens (including phenoxy) is 2. The van der Waals surface area contributed by atoms with Gasteiger partial charge in [0, 0.05) is 18.1 Å². The van der Waals surface area contributed by atoms with Crippen molar-refractivity contribution in [3.05, 3.63) is 53.6 Å². The number of para-hydroxylation sites is 2. The van der Waals surface area contributed by atoms with Gasteiger partial charge in [-0.25, -0.2) is 12.7 Å². The molecule has 1 atom stereocenters. The molecule has 2 aromatic carbocycles. The first-order valence-corrected chi connectivity index (χ1v) is 11.7. The van der Waals surface area contributed by atoms with Crippen LogP contribution in [0.15, 0.2) is 48.5 Å². The second kappa shape index (κ2) is 11.4. The number of benzene rings is 2. The Bertz CT molecular complexity index is 891. The number of nitrogens with two attached hydrogens (primary N) is 1. The van der Waals surface area contributed by atoms with Gasteiger partial charge in [0.25, 0.3) is 0 Å². The lowest BCUT2D eigenvalue weighted by molar-refractivity contribution is 0.0801. The van der Waals surface area contributed by atoms with Crippen LogP contribution < -0.4 is 20.1 Å². The molecule has 2 rings (SSSR count). The van der Waals surface area contributed by atoms with E-state index in [1.807, 2.05) is 12.1 Å². The van der Waals surface area contributed by atoms with Crippen LogP contribution in [-0.2, 0) is 14.8 Å². The predicted octanol–water partition coefficient (Wildman–Crippen LogP) is 3.70. The van der Waals surface area contributed by atoms with Crippen LogP contribution in [0.1, 0.15) is 20.8 Å². The molecule has 0 fully saturated rings. The summed E-state index contributed by atoms with van der Waals surface area (Å²) in [6.45, 7) is 6.44. The van der Waals surface area contributed by atoms with Gasteiger partial charge in [0.15, 0.2) is 0 Å². The molecule has 0 saturated heterocycles. The number of hydrogen-bond acceptors (Lipinski definition) is 6. The highest BCUT2D eigenvalue weighted by Crippen LogP contribution is 2.31. The standard InChI is InChI=1S/C21H30ClN3O4S/c1-16(2)30(26,27)25(17(3)28-14-12-23)21-7-5-4-6-20(21)24-13-15-29-19-10-8-18(22)9-11-19/h4-11,16-17,24H,12-15,23H2,1-3H3. The number of hydrogen-bond donors (Lipinski definition) is 2. The minimum absolute atomic E-state index is 0.260. The van der Waals surface area contributed by atoms with E-state index in [-0.39, 0.29) is 6.61 Å². The van der Waals surface area contributed by atoms with Gasteiger partial charge in [0.05, 0.1) is 23.2 Å². The number of halogens is 1. The van der Waals surface area contributed by atoms with Crippen molar-refractivity contribution < 1.29 is 17.9 Å². The van der Waals surface area contributed by atoms with Crippen molar-refractivity contribution >= 4 is 33.0 Å². The van der Waals surface area contributed by atoms with E-state index in [1.54, 1.807) is 57.2 Å². The Morgan fingerprint density at radius 1 is 1.07 bits per heavy atom. The van der Waals surface area contributed by atoms with Crippen LogP contribution in [-0.4, -0.2) is 46.2 Å². The Balaban J connectivity index is 2.17. The summed E-state index contributed by atoms with van der Waals surface area (Å²) in [4.78, 5) is 0. The quantitative estimate of drug-likeness (QED) is 0.374. The monoisotopic (exact) mass is 455 g/mol. The first kappa shape index (κ1) is 24.3. The van der Waals surface area contributed by atoms with E-state index in [2.05, 4.69) is 5.32 Å². The molecular weight excluding hydrogens is 426 g/mol. The van der Waals surface area contributed by atoms with Gasteiger partial charge < -0.3 is 20.5 Å². The zero-order valence-electron chi connectivity index (χ0n) is 17.5. The molecular formula is C21H30ClN3O4S. The van der Waals surface area contributed by atoms with Gasteiger partial charge in [0.1, 0.15) is 18.6 Å². The van der Waals surface area contributed by atoms with E-state index in [0.717, 1.165) is 0 Å². The first-order valence-electron chi connectivity index (χ1n) is 9.83. The van der Waals surface area contributed by atoms with Crippen molar-refractivity contribution in [1.29, 1.82) is 0 Å². The maximum absolute atomic E-state index is 13.1. The highest BCUT2D eigenvalue weighted by atomic mass is 35.5. The van der Waals surface area contributed by atoms with E-state index >= 15 is 0 Å². The molecule has 166 valence electrons. The molecule has 0 heterocycles. The average Bonchev–Trinajstić information content (AvgIpc) is 2.72. The van der Waals surface area contributed by atoms with Crippen LogP contribution in [0.25, 0.3) is 0 Å². The Labute approximate surface area is 184 Å². The molecule has 0 aliphatic rings. The summed E-state index contributed by atoms with van der Waals surface area (Å²) >= 11 is 5.88. The van der Waals surface area contributed by atoms with Gasteiger partial charge in [-0.05, 0) is 57.2 Å². The molecule has 0 bridgehead atoms. The highest BCUT2D eigenvalue weighted by molar-refractivity contribution is 7.93. The van der Waals surface area contributed by atoms with Gasteiger partial charge in [-0.3, -0.25) is 0 Å². The molecule has 0 aromatic heterocycles. The lowest BCUT2D eigenvalue weighted by Crippen LogP contribution is -2.44. The topological polar surface area (TPSA) is 93.9 Å². The molecule has 7 nitrogen and oxygen atoms in total. The summed E-state index contributed by atoms with van der Waals surface area (Å²) in [5.74, 6) is 0.710. The molecule has 0 aliphatic carbocycles. The Morgan fingerprint density at radius 3 is 2.37 bits per heavy atom. The lowest BCUT2D eigenvalue weighted by atomic mass is 10.2. The van der Waals surface area contributed by atoms with E-state index in [4.69, 9.17) is 26.8 Å². The van der Waals surface area contributed by atoms with Crippen LogP contribution in [0.4, 0.5) is 11.4 Å². The van der Waals surface area contributed by atoms with Crippen molar-refractivity contribution in [2.45, 2.75) is 32.2 Å². The van der Waals surface area contributed by atoms with Gasteiger partial charge >= 0.3 is 0 Å². The van der Waals surface area contributed by atoms with E-state index in [9.17, 15) is 8.42 Å². The smallest absolute Gasteiger partial charge is 0.239 e. The largest absolute Gasteiger partial charge is 0.492 e. The second-order valence-corrected chi connectivity index (χ2v) is 9.70. The normalized spacial score (nSPS) is 12.6. The van der Waals surface area contributed by atoms with Crippen LogP contribution in [0, 0.1) is 0 Å². The SMILES string of the molecule is CC(OCCN)N(c1ccccc1NCCOc1ccc(Cl)cc1)S(=O)(=O)C(C)C. The first-order chi connectivity index (χ1) is 14.3. The summed E-state index contributed by atoms with van der Waals surface area (Å²) in [6, 6.07) is 14.3. The zero-order chi connectivity index (χ0) is 22.1. The maximum atomic E-state index is 13.1. The summed E-state index contributed by atoms with van der Waals surface area (Å²) in [5, 5.41) is 3.30. The fourth-order valence-corrected chi connectivity index (χ4v) is 4.26. The van der Waals surface area contributed by atoms with Crippen LogP contribution >= 0.6 is 11.6 Å². The number of nitrogens with zero attached hydrogens (tertiary/aromatic N) is 1. The van der Waals surface area contributed by atoms with Gasteiger partial charge in [-0.1, -0.05) is 23.7 Å². The number of rotatable bonds is 12. The average molecular weight is 456 g/mol. The molecule has 0 aliphatic heterocycles. The molecule has 3 N–H and O–H groups in total. The minimum Gasteiger partial charge on any atom is -0.492 e. The molecule has 1 unspecified atom stereocenters. The van der Waals surface area contributed by atoms with Gasteiger partial charge in [-0.2, -0.15) is 0 Å². The van der Waals surface area contributed by atoms with Crippen LogP contribution in [0.3, 0.4) is 0 Å².